The first-order valence-corrected chi connectivity index (χ1v) is 11.8. The first-order chi connectivity index (χ1) is 17.4. The van der Waals surface area contributed by atoms with Crippen LogP contribution in [0.5, 0.6) is 5.75 Å². The summed E-state index contributed by atoms with van der Waals surface area (Å²) < 4.78 is 6.67. The summed E-state index contributed by atoms with van der Waals surface area (Å²) >= 11 is 0. The molecule has 36 heavy (non-hydrogen) atoms. The Balaban J connectivity index is 1.53. The van der Waals surface area contributed by atoms with Gasteiger partial charge in [-0.05, 0) is 43.2 Å². The van der Waals surface area contributed by atoms with Gasteiger partial charge in [0.25, 0.3) is 17.7 Å². The van der Waals surface area contributed by atoms with Crippen LogP contribution in [0.25, 0.3) is 10.9 Å². The Morgan fingerprint density at radius 3 is 2.17 bits per heavy atom. The summed E-state index contributed by atoms with van der Waals surface area (Å²) in [7, 11) is 1.54. The van der Waals surface area contributed by atoms with Crippen molar-refractivity contribution in [2.75, 3.05) is 7.11 Å². The van der Waals surface area contributed by atoms with E-state index in [1.54, 1.807) is 31.4 Å². The summed E-state index contributed by atoms with van der Waals surface area (Å²) in [4.78, 5) is 42.4. The van der Waals surface area contributed by atoms with Gasteiger partial charge in [-0.2, -0.15) is 0 Å². The van der Waals surface area contributed by atoms with E-state index in [4.69, 9.17) is 4.74 Å². The maximum Gasteiger partial charge on any atom is 0.272 e. The van der Waals surface area contributed by atoms with Crippen molar-refractivity contribution in [2.24, 2.45) is 0 Å². The fourth-order valence-electron chi connectivity index (χ4n) is 4.52. The number of rotatable bonds is 6. The third kappa shape index (κ3) is 4.24. The van der Waals surface area contributed by atoms with Gasteiger partial charge in [-0.1, -0.05) is 59.7 Å². The van der Waals surface area contributed by atoms with Crippen molar-refractivity contribution in [1.29, 1.82) is 0 Å². The fraction of sp³-hybridized carbons (Fsp3) is 0.207. The number of fused-ring (bicyclic) bond motifs is 3. The minimum absolute atomic E-state index is 0.137. The molecule has 1 N–H and O–H groups in total. The number of nitrogens with zero attached hydrogens (tertiary/aromatic N) is 2. The largest absolute Gasteiger partial charge is 0.497 e. The van der Waals surface area contributed by atoms with Crippen LogP contribution in [0.4, 0.5) is 0 Å². The third-order valence-corrected chi connectivity index (χ3v) is 6.57. The molecule has 0 radical (unpaired) electrons. The highest BCUT2D eigenvalue weighted by Gasteiger charge is 2.44. The maximum absolute atomic E-state index is 13.9. The number of methoxy groups -OCH3 is 1. The van der Waals surface area contributed by atoms with Crippen molar-refractivity contribution in [1.82, 2.24) is 14.8 Å². The Labute approximate surface area is 209 Å². The highest BCUT2D eigenvalue weighted by molar-refractivity contribution is 6.17. The van der Waals surface area contributed by atoms with Crippen LogP contribution < -0.4 is 10.1 Å². The van der Waals surface area contributed by atoms with Gasteiger partial charge in [0.1, 0.15) is 11.4 Å². The average molecular weight is 482 g/mol. The van der Waals surface area contributed by atoms with Crippen LogP contribution >= 0.6 is 0 Å². The quantitative estimate of drug-likeness (QED) is 0.418. The molecule has 1 aliphatic rings. The monoisotopic (exact) mass is 481 g/mol. The zero-order chi connectivity index (χ0) is 25.4. The molecule has 182 valence electrons. The van der Waals surface area contributed by atoms with Gasteiger partial charge in [0.15, 0.2) is 6.04 Å². The normalized spacial score (nSPS) is 15.2. The second-order valence-corrected chi connectivity index (χ2v) is 9.15. The van der Waals surface area contributed by atoms with Crippen LogP contribution in [-0.4, -0.2) is 40.3 Å². The Morgan fingerprint density at radius 2 is 1.53 bits per heavy atom. The Hall–Kier alpha value is -4.39. The van der Waals surface area contributed by atoms with Crippen LogP contribution in [-0.2, 0) is 17.9 Å². The highest BCUT2D eigenvalue weighted by Crippen LogP contribution is 2.30. The molecule has 2 amide bonds. The molecule has 0 aliphatic carbocycles. The molecule has 4 aromatic rings. The number of benzene rings is 3. The van der Waals surface area contributed by atoms with Gasteiger partial charge in [0.2, 0.25) is 0 Å². The Kier molecular flexibility index (Phi) is 6.06. The molecule has 3 aromatic carbocycles. The van der Waals surface area contributed by atoms with E-state index >= 15 is 0 Å². The van der Waals surface area contributed by atoms with E-state index in [0.717, 1.165) is 27.6 Å². The van der Waals surface area contributed by atoms with Crippen LogP contribution in [0.15, 0.2) is 72.8 Å². The van der Waals surface area contributed by atoms with E-state index in [0.29, 0.717) is 11.3 Å². The average Bonchev–Trinajstić information content (AvgIpc) is 3.27. The molecule has 0 bridgehead atoms. The molecule has 0 saturated carbocycles. The lowest BCUT2D eigenvalue weighted by molar-refractivity contribution is -0.124. The van der Waals surface area contributed by atoms with Crippen molar-refractivity contribution in [3.8, 4) is 5.75 Å². The zero-order valence-electron chi connectivity index (χ0n) is 20.4. The fourth-order valence-corrected chi connectivity index (χ4v) is 4.52. The van der Waals surface area contributed by atoms with Crippen LogP contribution in [0, 0.1) is 13.8 Å². The van der Waals surface area contributed by atoms with E-state index in [9.17, 15) is 14.4 Å². The summed E-state index contributed by atoms with van der Waals surface area (Å²) in [5, 5.41) is 3.59. The van der Waals surface area contributed by atoms with Crippen molar-refractivity contribution in [3.63, 3.8) is 0 Å². The van der Waals surface area contributed by atoms with Gasteiger partial charge >= 0.3 is 0 Å². The zero-order valence-corrected chi connectivity index (χ0v) is 20.4. The van der Waals surface area contributed by atoms with Gasteiger partial charge in [0, 0.05) is 24.5 Å². The van der Waals surface area contributed by atoms with E-state index in [-0.39, 0.29) is 24.7 Å². The highest BCUT2D eigenvalue weighted by atomic mass is 16.5. The molecule has 1 atom stereocenters. The molecule has 2 heterocycles. The van der Waals surface area contributed by atoms with Crippen LogP contribution in [0.2, 0.25) is 0 Å². The lowest BCUT2D eigenvalue weighted by atomic mass is 10.1. The first kappa shape index (κ1) is 23.4. The molecule has 0 fully saturated rings. The topological polar surface area (TPSA) is 80.6 Å². The number of hydrogen-bond donors (Lipinski definition) is 1. The number of carbonyl (C=O) groups excluding carboxylic acids is 3. The number of aryl methyl sites for hydroxylation is 2. The summed E-state index contributed by atoms with van der Waals surface area (Å²) in [6.07, 6.45) is 0. The minimum Gasteiger partial charge on any atom is -0.497 e. The van der Waals surface area contributed by atoms with Crippen LogP contribution in [0.1, 0.15) is 37.5 Å². The van der Waals surface area contributed by atoms with Crippen LogP contribution in [0.3, 0.4) is 0 Å². The van der Waals surface area contributed by atoms with Crippen molar-refractivity contribution in [3.05, 3.63) is 101 Å². The van der Waals surface area contributed by atoms with Crippen molar-refractivity contribution in [2.45, 2.75) is 33.0 Å². The molecular weight excluding hydrogens is 454 g/mol. The summed E-state index contributed by atoms with van der Waals surface area (Å²) in [6, 6.07) is 21.2. The molecule has 0 saturated heterocycles. The van der Waals surface area contributed by atoms with E-state index in [1.807, 2.05) is 62.4 Å². The predicted molar refractivity (Wildman–Crippen MR) is 137 cm³/mol. The molecular formula is C29H27N3O4. The lowest BCUT2D eigenvalue weighted by Crippen LogP contribution is -2.58. The van der Waals surface area contributed by atoms with Crippen molar-refractivity contribution < 1.29 is 19.1 Å². The number of carbonyl (C=O) groups is 3. The molecule has 7 heteroatoms. The minimum atomic E-state index is -1.31. The van der Waals surface area contributed by atoms with Gasteiger partial charge in [-0.25, -0.2) is 0 Å². The molecule has 1 unspecified atom stereocenters. The van der Waals surface area contributed by atoms with Gasteiger partial charge < -0.3 is 15.0 Å². The van der Waals surface area contributed by atoms with Crippen molar-refractivity contribution >= 4 is 28.6 Å². The summed E-state index contributed by atoms with van der Waals surface area (Å²) in [5.41, 5.74) is 4.72. The standard InChI is InChI=1S/C29H27N3O4/c1-18-4-8-20(9-5-18)16-30-27(33)26-29(35)32-24-15-23(36-3)13-12-22(24)14-25(32)28(34)31(26)17-21-10-6-19(2)7-11-21/h4-15,26H,16-17H2,1-3H3,(H,30,33). The number of aromatic nitrogens is 1. The predicted octanol–water partition coefficient (Wildman–Crippen LogP) is 4.25. The Morgan fingerprint density at radius 1 is 0.889 bits per heavy atom. The summed E-state index contributed by atoms with van der Waals surface area (Å²) in [5.74, 6) is -0.801. The molecule has 7 nitrogen and oxygen atoms in total. The van der Waals surface area contributed by atoms with Gasteiger partial charge in [0.05, 0.1) is 12.6 Å². The third-order valence-electron chi connectivity index (χ3n) is 6.57. The lowest BCUT2D eigenvalue weighted by Gasteiger charge is -2.34. The molecule has 5 rings (SSSR count). The summed E-state index contributed by atoms with van der Waals surface area (Å²) in [6.45, 7) is 4.36. The molecule has 1 aliphatic heterocycles. The van der Waals surface area contributed by atoms with E-state index in [1.165, 1.54) is 9.47 Å². The molecule has 0 spiro atoms. The number of hydrogen-bond acceptors (Lipinski definition) is 4. The second kappa shape index (κ2) is 9.34. The number of ether oxygens (including phenoxy) is 1. The maximum atomic E-state index is 13.9. The number of amides is 2. The smallest absolute Gasteiger partial charge is 0.272 e. The van der Waals surface area contributed by atoms with Gasteiger partial charge in [-0.3, -0.25) is 19.0 Å². The SMILES string of the molecule is COc1ccc2cc3n(c2c1)C(=O)C(C(=O)NCc1ccc(C)cc1)N(Cc1ccc(C)cc1)C3=O. The van der Waals surface area contributed by atoms with Gasteiger partial charge in [-0.15, -0.1) is 0 Å². The van der Waals surface area contributed by atoms with E-state index < -0.39 is 17.9 Å². The number of nitrogens with one attached hydrogen (secondary N) is 1. The second-order valence-electron chi connectivity index (χ2n) is 9.15. The Bertz CT molecular complexity index is 1470. The van der Waals surface area contributed by atoms with E-state index in [2.05, 4.69) is 5.32 Å². The molecule has 1 aromatic heterocycles. The first-order valence-electron chi connectivity index (χ1n) is 11.8.